The van der Waals surface area contributed by atoms with E-state index in [9.17, 15) is 0 Å². The third-order valence-corrected chi connectivity index (χ3v) is 2.21. The molecular weight excluding hydrogens is 136 g/mol. The van der Waals surface area contributed by atoms with Crippen molar-refractivity contribution < 1.29 is 4.74 Å². The fourth-order valence-corrected chi connectivity index (χ4v) is 1.42. The molecule has 0 amide bonds. The number of hydrogen-bond acceptors (Lipinski definition) is 1. The Morgan fingerprint density at radius 1 is 1.55 bits per heavy atom. The standard InChI is InChI=1S/C10H18O/c1-3-4-7-10(2)8-5-6-9-11-10/h5,8H,3-4,6-7,9H2,1-2H3. The molecule has 1 aliphatic rings. The quantitative estimate of drug-likeness (QED) is 0.568. The number of hydrogen-bond donors (Lipinski definition) is 0. The Balaban J connectivity index is 2.37. The van der Waals surface area contributed by atoms with E-state index in [1.165, 1.54) is 19.3 Å². The molecule has 0 fully saturated rings. The van der Waals surface area contributed by atoms with E-state index in [-0.39, 0.29) is 5.60 Å². The predicted molar refractivity (Wildman–Crippen MR) is 47.6 cm³/mol. The fraction of sp³-hybridized carbons (Fsp3) is 0.800. The Labute approximate surface area is 69.4 Å². The third-order valence-electron chi connectivity index (χ3n) is 2.21. The van der Waals surface area contributed by atoms with Gasteiger partial charge in [0.1, 0.15) is 0 Å². The molecule has 1 nitrogen and oxygen atoms in total. The van der Waals surface area contributed by atoms with Crippen LogP contribution in [-0.4, -0.2) is 12.2 Å². The first kappa shape index (κ1) is 8.79. The van der Waals surface area contributed by atoms with Crippen LogP contribution in [0.1, 0.15) is 39.5 Å². The summed E-state index contributed by atoms with van der Waals surface area (Å²) in [4.78, 5) is 0. The predicted octanol–water partition coefficient (Wildman–Crippen LogP) is 2.91. The summed E-state index contributed by atoms with van der Waals surface area (Å²) in [6.07, 6.45) is 9.22. The highest BCUT2D eigenvalue weighted by atomic mass is 16.5. The molecule has 0 aliphatic carbocycles. The summed E-state index contributed by atoms with van der Waals surface area (Å²) < 4.78 is 5.68. The number of rotatable bonds is 3. The number of ether oxygens (including phenoxy) is 1. The summed E-state index contributed by atoms with van der Waals surface area (Å²) in [5.41, 5.74) is 0.0499. The van der Waals surface area contributed by atoms with Crippen molar-refractivity contribution in [3.8, 4) is 0 Å². The average molecular weight is 154 g/mol. The van der Waals surface area contributed by atoms with Crippen molar-refractivity contribution in [1.82, 2.24) is 0 Å². The van der Waals surface area contributed by atoms with Crippen LogP contribution in [0.5, 0.6) is 0 Å². The summed E-state index contributed by atoms with van der Waals surface area (Å²) in [5.74, 6) is 0. The van der Waals surface area contributed by atoms with Gasteiger partial charge in [0.15, 0.2) is 0 Å². The summed E-state index contributed by atoms with van der Waals surface area (Å²) in [7, 11) is 0. The average Bonchev–Trinajstić information content (AvgIpc) is 2.03. The van der Waals surface area contributed by atoms with Gasteiger partial charge in [-0.25, -0.2) is 0 Å². The monoisotopic (exact) mass is 154 g/mol. The van der Waals surface area contributed by atoms with Crippen LogP contribution in [0.4, 0.5) is 0 Å². The minimum atomic E-state index is 0.0499. The summed E-state index contributed by atoms with van der Waals surface area (Å²) in [5, 5.41) is 0. The molecule has 1 aliphatic heterocycles. The molecule has 0 aromatic carbocycles. The Kier molecular flexibility index (Phi) is 3.13. The molecule has 64 valence electrons. The molecule has 1 unspecified atom stereocenters. The van der Waals surface area contributed by atoms with Gasteiger partial charge in [-0.2, -0.15) is 0 Å². The van der Waals surface area contributed by atoms with E-state index in [1.807, 2.05) is 0 Å². The van der Waals surface area contributed by atoms with Gasteiger partial charge in [-0.3, -0.25) is 0 Å². The smallest absolute Gasteiger partial charge is 0.0834 e. The highest BCUT2D eigenvalue weighted by Gasteiger charge is 2.22. The van der Waals surface area contributed by atoms with E-state index < -0.39 is 0 Å². The van der Waals surface area contributed by atoms with Crippen molar-refractivity contribution in [3.63, 3.8) is 0 Å². The van der Waals surface area contributed by atoms with E-state index in [1.54, 1.807) is 0 Å². The van der Waals surface area contributed by atoms with E-state index in [2.05, 4.69) is 26.0 Å². The van der Waals surface area contributed by atoms with Gasteiger partial charge in [0, 0.05) is 0 Å². The van der Waals surface area contributed by atoms with Crippen LogP contribution in [0.15, 0.2) is 12.2 Å². The first-order valence-corrected chi connectivity index (χ1v) is 4.58. The van der Waals surface area contributed by atoms with Crippen LogP contribution in [0, 0.1) is 0 Å². The van der Waals surface area contributed by atoms with Crippen LogP contribution in [0.3, 0.4) is 0 Å². The maximum Gasteiger partial charge on any atom is 0.0834 e. The second-order valence-electron chi connectivity index (χ2n) is 3.46. The highest BCUT2D eigenvalue weighted by Crippen LogP contribution is 2.23. The molecule has 1 heterocycles. The Morgan fingerprint density at radius 3 is 2.91 bits per heavy atom. The maximum absolute atomic E-state index is 5.68. The van der Waals surface area contributed by atoms with Gasteiger partial charge in [-0.15, -0.1) is 0 Å². The molecular formula is C10H18O. The van der Waals surface area contributed by atoms with Crippen LogP contribution >= 0.6 is 0 Å². The van der Waals surface area contributed by atoms with Crippen LogP contribution < -0.4 is 0 Å². The Hall–Kier alpha value is -0.300. The molecule has 11 heavy (non-hydrogen) atoms. The molecule has 0 aromatic rings. The van der Waals surface area contributed by atoms with Gasteiger partial charge in [-0.05, 0) is 19.8 Å². The zero-order valence-electron chi connectivity index (χ0n) is 7.60. The van der Waals surface area contributed by atoms with Crippen molar-refractivity contribution >= 4 is 0 Å². The van der Waals surface area contributed by atoms with Gasteiger partial charge >= 0.3 is 0 Å². The summed E-state index contributed by atoms with van der Waals surface area (Å²) in [6, 6.07) is 0. The third kappa shape index (κ3) is 2.66. The molecule has 0 bridgehead atoms. The lowest BCUT2D eigenvalue weighted by Gasteiger charge is -2.29. The van der Waals surface area contributed by atoms with E-state index in [0.29, 0.717) is 0 Å². The summed E-state index contributed by atoms with van der Waals surface area (Å²) in [6.45, 7) is 5.30. The molecule has 0 spiro atoms. The molecule has 1 rings (SSSR count). The second kappa shape index (κ2) is 3.91. The van der Waals surface area contributed by atoms with Crippen LogP contribution in [-0.2, 0) is 4.74 Å². The maximum atomic E-state index is 5.68. The SMILES string of the molecule is CCCCC1(C)C=CCCO1. The first-order chi connectivity index (χ1) is 5.27. The Morgan fingerprint density at radius 2 is 2.36 bits per heavy atom. The van der Waals surface area contributed by atoms with Crippen LogP contribution in [0.2, 0.25) is 0 Å². The van der Waals surface area contributed by atoms with Gasteiger partial charge in [0.05, 0.1) is 12.2 Å². The van der Waals surface area contributed by atoms with Gasteiger partial charge in [-0.1, -0.05) is 31.9 Å². The number of unbranched alkanes of at least 4 members (excludes halogenated alkanes) is 1. The molecule has 0 saturated carbocycles. The normalized spacial score (nSPS) is 30.7. The highest BCUT2D eigenvalue weighted by molar-refractivity contribution is 5.02. The topological polar surface area (TPSA) is 9.23 Å². The molecule has 1 atom stereocenters. The van der Waals surface area contributed by atoms with Crippen molar-refractivity contribution in [2.24, 2.45) is 0 Å². The fourth-order valence-electron chi connectivity index (χ4n) is 1.42. The molecule has 0 saturated heterocycles. The lowest BCUT2D eigenvalue weighted by Crippen LogP contribution is -2.28. The van der Waals surface area contributed by atoms with E-state index >= 15 is 0 Å². The van der Waals surface area contributed by atoms with Crippen molar-refractivity contribution in [1.29, 1.82) is 0 Å². The molecule has 0 radical (unpaired) electrons. The van der Waals surface area contributed by atoms with Crippen molar-refractivity contribution in [2.75, 3.05) is 6.61 Å². The largest absolute Gasteiger partial charge is 0.371 e. The zero-order chi connectivity index (χ0) is 8.16. The lowest BCUT2D eigenvalue weighted by molar-refractivity contribution is -0.00744. The molecule has 0 aromatic heterocycles. The lowest BCUT2D eigenvalue weighted by atomic mass is 9.96. The first-order valence-electron chi connectivity index (χ1n) is 4.58. The van der Waals surface area contributed by atoms with Crippen molar-refractivity contribution in [3.05, 3.63) is 12.2 Å². The minimum Gasteiger partial charge on any atom is -0.371 e. The zero-order valence-corrected chi connectivity index (χ0v) is 7.60. The Bertz CT molecular complexity index is 140. The minimum absolute atomic E-state index is 0.0499. The van der Waals surface area contributed by atoms with Gasteiger partial charge in [0.2, 0.25) is 0 Å². The van der Waals surface area contributed by atoms with Crippen molar-refractivity contribution in [2.45, 2.75) is 45.1 Å². The molecule has 1 heteroatoms. The van der Waals surface area contributed by atoms with Gasteiger partial charge in [0.25, 0.3) is 0 Å². The van der Waals surface area contributed by atoms with Gasteiger partial charge < -0.3 is 4.74 Å². The van der Waals surface area contributed by atoms with E-state index in [4.69, 9.17) is 4.74 Å². The molecule has 0 N–H and O–H groups in total. The van der Waals surface area contributed by atoms with E-state index in [0.717, 1.165) is 13.0 Å². The summed E-state index contributed by atoms with van der Waals surface area (Å²) >= 11 is 0. The van der Waals surface area contributed by atoms with Crippen LogP contribution in [0.25, 0.3) is 0 Å². The second-order valence-corrected chi connectivity index (χ2v) is 3.46.